The summed E-state index contributed by atoms with van der Waals surface area (Å²) in [5, 5.41) is 17.8. The quantitative estimate of drug-likeness (QED) is 0.891. The van der Waals surface area contributed by atoms with Crippen LogP contribution in [0.15, 0.2) is 16.8 Å². The molecule has 1 aromatic heterocycles. The number of nitrogens with one attached hydrogen (secondary N) is 1. The Morgan fingerprint density at radius 2 is 2.42 bits per heavy atom. The molecule has 0 spiro atoms. The van der Waals surface area contributed by atoms with Gasteiger partial charge in [-0.15, -0.1) is 0 Å². The average molecular weight is 281 g/mol. The van der Waals surface area contributed by atoms with Gasteiger partial charge in [0.05, 0.1) is 12.2 Å². The monoisotopic (exact) mass is 281 g/mol. The minimum absolute atomic E-state index is 0.180. The van der Waals surface area contributed by atoms with Crippen LogP contribution in [0.2, 0.25) is 0 Å². The zero-order chi connectivity index (χ0) is 13.5. The highest BCUT2D eigenvalue weighted by Crippen LogP contribution is 2.51. The van der Waals surface area contributed by atoms with Gasteiger partial charge in [0, 0.05) is 30.5 Å². The van der Waals surface area contributed by atoms with Crippen molar-refractivity contribution in [2.75, 3.05) is 13.2 Å². The largest absolute Gasteiger partial charge is 0.387 e. The van der Waals surface area contributed by atoms with Gasteiger partial charge in [0.2, 0.25) is 0 Å². The van der Waals surface area contributed by atoms with Crippen molar-refractivity contribution < 1.29 is 9.84 Å². The normalized spacial score (nSPS) is 34.4. The van der Waals surface area contributed by atoms with Gasteiger partial charge in [0.1, 0.15) is 0 Å². The summed E-state index contributed by atoms with van der Waals surface area (Å²) in [4.78, 5) is 0. The first-order valence-corrected chi connectivity index (χ1v) is 8.10. The van der Waals surface area contributed by atoms with Crippen LogP contribution in [-0.2, 0) is 4.74 Å². The van der Waals surface area contributed by atoms with Gasteiger partial charge in [0.25, 0.3) is 0 Å². The molecule has 4 unspecified atom stereocenters. The Balaban J connectivity index is 1.58. The molecule has 4 heteroatoms. The van der Waals surface area contributed by atoms with E-state index in [9.17, 15) is 5.11 Å². The van der Waals surface area contributed by atoms with Crippen molar-refractivity contribution in [1.82, 2.24) is 5.32 Å². The third kappa shape index (κ3) is 2.35. The Morgan fingerprint density at radius 3 is 3.16 bits per heavy atom. The first kappa shape index (κ1) is 13.6. The molecule has 1 aliphatic heterocycles. The fourth-order valence-electron chi connectivity index (χ4n) is 3.76. The zero-order valence-corrected chi connectivity index (χ0v) is 12.5. The van der Waals surface area contributed by atoms with Crippen molar-refractivity contribution in [3.8, 4) is 0 Å². The highest BCUT2D eigenvalue weighted by Gasteiger charge is 2.57. The van der Waals surface area contributed by atoms with E-state index in [1.54, 1.807) is 11.3 Å². The van der Waals surface area contributed by atoms with Crippen LogP contribution < -0.4 is 5.32 Å². The highest BCUT2D eigenvalue weighted by molar-refractivity contribution is 7.07. The summed E-state index contributed by atoms with van der Waals surface area (Å²) in [6.45, 7) is 6.09. The van der Waals surface area contributed by atoms with Crippen LogP contribution in [0.5, 0.6) is 0 Å². The van der Waals surface area contributed by atoms with Crippen molar-refractivity contribution in [3.05, 3.63) is 22.4 Å². The number of fused-ring (bicyclic) bond motifs is 1. The first-order chi connectivity index (χ1) is 9.10. The van der Waals surface area contributed by atoms with Crippen LogP contribution >= 0.6 is 11.3 Å². The molecule has 2 N–H and O–H groups in total. The SMILES string of the molecule is CC1(C)C(NCC(O)c2ccsc2)C2CCCOC21. The first-order valence-electron chi connectivity index (χ1n) is 7.16. The van der Waals surface area contributed by atoms with Crippen LogP contribution in [0.3, 0.4) is 0 Å². The van der Waals surface area contributed by atoms with Gasteiger partial charge in [-0.25, -0.2) is 0 Å². The van der Waals surface area contributed by atoms with Gasteiger partial charge in [-0.2, -0.15) is 11.3 Å². The Hall–Kier alpha value is -0.420. The van der Waals surface area contributed by atoms with Crippen LogP contribution in [-0.4, -0.2) is 30.4 Å². The summed E-state index contributed by atoms with van der Waals surface area (Å²) in [6.07, 6.45) is 2.42. The van der Waals surface area contributed by atoms with E-state index in [2.05, 4.69) is 19.2 Å². The Kier molecular flexibility index (Phi) is 3.69. The molecular weight excluding hydrogens is 258 g/mol. The smallest absolute Gasteiger partial charge is 0.0922 e. The second-order valence-electron chi connectivity index (χ2n) is 6.38. The van der Waals surface area contributed by atoms with Gasteiger partial charge < -0.3 is 15.2 Å². The zero-order valence-electron chi connectivity index (χ0n) is 11.6. The third-order valence-corrected chi connectivity index (χ3v) is 5.49. The van der Waals surface area contributed by atoms with Crippen molar-refractivity contribution in [3.63, 3.8) is 0 Å². The molecule has 3 nitrogen and oxygen atoms in total. The Labute approximate surface area is 119 Å². The van der Waals surface area contributed by atoms with Gasteiger partial charge >= 0.3 is 0 Å². The van der Waals surface area contributed by atoms with Gasteiger partial charge in [-0.1, -0.05) is 13.8 Å². The number of ether oxygens (including phenoxy) is 1. The van der Waals surface area contributed by atoms with Crippen LogP contribution in [0, 0.1) is 11.3 Å². The molecule has 0 aromatic carbocycles. The number of aliphatic hydroxyl groups excluding tert-OH is 1. The van der Waals surface area contributed by atoms with E-state index < -0.39 is 6.10 Å². The fourth-order valence-corrected chi connectivity index (χ4v) is 4.46. The van der Waals surface area contributed by atoms with E-state index in [1.165, 1.54) is 12.8 Å². The third-order valence-electron chi connectivity index (χ3n) is 4.79. The topological polar surface area (TPSA) is 41.5 Å². The lowest BCUT2D eigenvalue weighted by Gasteiger charge is -2.60. The molecule has 1 aliphatic carbocycles. The summed E-state index contributed by atoms with van der Waals surface area (Å²) >= 11 is 1.63. The fraction of sp³-hybridized carbons (Fsp3) is 0.733. The lowest BCUT2D eigenvalue weighted by atomic mass is 9.55. The van der Waals surface area contributed by atoms with E-state index in [0.29, 0.717) is 24.6 Å². The van der Waals surface area contributed by atoms with E-state index in [0.717, 1.165) is 12.2 Å². The number of hydrogen-bond acceptors (Lipinski definition) is 4. The molecule has 1 aromatic rings. The average Bonchev–Trinajstić information content (AvgIpc) is 2.92. The van der Waals surface area contributed by atoms with Crippen molar-refractivity contribution in [2.45, 2.75) is 44.9 Å². The molecule has 2 fully saturated rings. The molecule has 2 heterocycles. The van der Waals surface area contributed by atoms with E-state index in [4.69, 9.17) is 4.74 Å². The van der Waals surface area contributed by atoms with Gasteiger partial charge in [-0.05, 0) is 35.2 Å². The summed E-state index contributed by atoms with van der Waals surface area (Å²) in [7, 11) is 0. The van der Waals surface area contributed by atoms with E-state index in [-0.39, 0.29) is 5.41 Å². The van der Waals surface area contributed by atoms with Crippen LogP contribution in [0.1, 0.15) is 38.4 Å². The molecule has 106 valence electrons. The highest BCUT2D eigenvalue weighted by atomic mass is 32.1. The molecular formula is C15H23NO2S. The summed E-state index contributed by atoms with van der Waals surface area (Å²) in [5.74, 6) is 0.624. The predicted molar refractivity (Wildman–Crippen MR) is 77.3 cm³/mol. The lowest BCUT2D eigenvalue weighted by Crippen LogP contribution is -2.69. The molecule has 19 heavy (non-hydrogen) atoms. The predicted octanol–water partition coefficient (Wildman–Crippen LogP) is 2.57. The number of thiophene rings is 1. The van der Waals surface area contributed by atoms with Gasteiger partial charge in [0.15, 0.2) is 0 Å². The van der Waals surface area contributed by atoms with Gasteiger partial charge in [-0.3, -0.25) is 0 Å². The second-order valence-corrected chi connectivity index (χ2v) is 7.16. The summed E-state index contributed by atoms with van der Waals surface area (Å²) in [5.41, 5.74) is 1.20. The molecule has 4 atom stereocenters. The maximum absolute atomic E-state index is 10.2. The summed E-state index contributed by atoms with van der Waals surface area (Å²) in [6, 6.07) is 2.46. The van der Waals surface area contributed by atoms with Crippen molar-refractivity contribution in [2.24, 2.45) is 11.3 Å². The van der Waals surface area contributed by atoms with E-state index in [1.807, 2.05) is 16.8 Å². The summed E-state index contributed by atoms with van der Waals surface area (Å²) < 4.78 is 5.90. The Bertz CT molecular complexity index is 418. The van der Waals surface area contributed by atoms with Crippen LogP contribution in [0.4, 0.5) is 0 Å². The maximum atomic E-state index is 10.2. The molecule has 1 saturated heterocycles. The van der Waals surface area contributed by atoms with E-state index >= 15 is 0 Å². The molecule has 0 amide bonds. The molecule has 0 bridgehead atoms. The Morgan fingerprint density at radius 1 is 1.58 bits per heavy atom. The van der Waals surface area contributed by atoms with Crippen molar-refractivity contribution in [1.29, 1.82) is 0 Å². The van der Waals surface area contributed by atoms with Crippen molar-refractivity contribution >= 4 is 11.3 Å². The molecule has 2 aliphatic rings. The molecule has 1 saturated carbocycles. The molecule has 3 rings (SSSR count). The number of aliphatic hydroxyl groups is 1. The minimum Gasteiger partial charge on any atom is -0.387 e. The minimum atomic E-state index is -0.398. The standard InChI is InChI=1S/C15H23NO2S/c1-15(2)13(11-4-3-6-18-14(11)15)16-8-12(17)10-5-7-19-9-10/h5,7,9,11-14,16-17H,3-4,6,8H2,1-2H3. The maximum Gasteiger partial charge on any atom is 0.0922 e. The van der Waals surface area contributed by atoms with Crippen LogP contribution in [0.25, 0.3) is 0 Å². The number of rotatable bonds is 4. The second kappa shape index (κ2) is 5.17. The lowest BCUT2D eigenvalue weighted by molar-refractivity contribution is -0.193. The molecule has 0 radical (unpaired) electrons. The number of hydrogen-bond donors (Lipinski definition) is 2.